The lowest BCUT2D eigenvalue weighted by atomic mass is 10.2. The second kappa shape index (κ2) is 5.47. The Morgan fingerprint density at radius 2 is 2.25 bits per heavy atom. The molecule has 0 radical (unpaired) electrons. The van der Waals surface area contributed by atoms with Gasteiger partial charge in [0.15, 0.2) is 0 Å². The highest BCUT2D eigenvalue weighted by atomic mass is 35.5. The lowest BCUT2D eigenvalue weighted by Gasteiger charge is -2.07. The van der Waals surface area contributed by atoms with Gasteiger partial charge in [-0.15, -0.1) is 0 Å². The SMILES string of the molecule is NCC1CCC(c2nc(-c3ccc(F)cc3Cl)no2)O1. The molecule has 3 rings (SSSR count). The summed E-state index contributed by atoms with van der Waals surface area (Å²) in [7, 11) is 0. The van der Waals surface area contributed by atoms with Crippen LogP contribution in [-0.4, -0.2) is 22.8 Å². The fraction of sp³-hybridized carbons (Fsp3) is 0.385. The van der Waals surface area contributed by atoms with Gasteiger partial charge in [0, 0.05) is 12.1 Å². The van der Waals surface area contributed by atoms with Crippen LogP contribution in [0.25, 0.3) is 11.4 Å². The summed E-state index contributed by atoms with van der Waals surface area (Å²) in [5.41, 5.74) is 6.08. The molecule has 5 nitrogen and oxygen atoms in total. The fourth-order valence-electron chi connectivity index (χ4n) is 2.21. The van der Waals surface area contributed by atoms with Crippen LogP contribution in [0.1, 0.15) is 24.8 Å². The molecule has 1 aliphatic rings. The first kappa shape index (κ1) is 13.5. The zero-order valence-electron chi connectivity index (χ0n) is 10.6. The zero-order chi connectivity index (χ0) is 14.1. The number of nitrogens with two attached hydrogens (primary N) is 1. The summed E-state index contributed by atoms with van der Waals surface area (Å²) in [4.78, 5) is 4.27. The van der Waals surface area contributed by atoms with Crippen molar-refractivity contribution in [3.8, 4) is 11.4 Å². The van der Waals surface area contributed by atoms with Gasteiger partial charge >= 0.3 is 0 Å². The standard InChI is InChI=1S/C13H13ClFN3O2/c14-10-5-7(15)1-3-9(10)12-17-13(20-18-12)11-4-2-8(6-16)19-11/h1,3,5,8,11H,2,4,6,16H2. The molecule has 2 aromatic rings. The molecule has 2 atom stereocenters. The van der Waals surface area contributed by atoms with Gasteiger partial charge in [0.05, 0.1) is 11.1 Å². The molecule has 1 aromatic carbocycles. The summed E-state index contributed by atoms with van der Waals surface area (Å²) in [5.74, 6) is 0.313. The molecule has 7 heteroatoms. The number of hydrogen-bond acceptors (Lipinski definition) is 5. The number of aromatic nitrogens is 2. The Balaban J connectivity index is 1.83. The van der Waals surface area contributed by atoms with Crippen molar-refractivity contribution in [2.24, 2.45) is 5.73 Å². The molecule has 20 heavy (non-hydrogen) atoms. The zero-order valence-corrected chi connectivity index (χ0v) is 11.3. The average Bonchev–Trinajstić information content (AvgIpc) is 3.07. The van der Waals surface area contributed by atoms with E-state index in [4.69, 9.17) is 26.6 Å². The van der Waals surface area contributed by atoms with Crippen molar-refractivity contribution in [3.05, 3.63) is 34.9 Å². The molecule has 2 heterocycles. The Morgan fingerprint density at radius 3 is 2.95 bits per heavy atom. The third-order valence-corrected chi connectivity index (χ3v) is 3.57. The predicted octanol–water partition coefficient (Wildman–Crippen LogP) is 2.71. The molecule has 1 aliphatic heterocycles. The largest absolute Gasteiger partial charge is 0.364 e. The van der Waals surface area contributed by atoms with Gasteiger partial charge in [0.25, 0.3) is 5.89 Å². The van der Waals surface area contributed by atoms with E-state index in [9.17, 15) is 4.39 Å². The van der Waals surface area contributed by atoms with Gasteiger partial charge < -0.3 is 15.0 Å². The van der Waals surface area contributed by atoms with Crippen LogP contribution in [-0.2, 0) is 4.74 Å². The Hall–Kier alpha value is -1.50. The minimum atomic E-state index is -0.410. The maximum Gasteiger partial charge on any atom is 0.256 e. The van der Waals surface area contributed by atoms with Gasteiger partial charge in [-0.05, 0) is 31.0 Å². The topological polar surface area (TPSA) is 74.2 Å². The van der Waals surface area contributed by atoms with Gasteiger partial charge in [0.1, 0.15) is 11.9 Å². The van der Waals surface area contributed by atoms with Crippen LogP contribution in [0, 0.1) is 5.82 Å². The second-order valence-electron chi connectivity index (χ2n) is 4.64. The van der Waals surface area contributed by atoms with E-state index in [2.05, 4.69) is 10.1 Å². The highest BCUT2D eigenvalue weighted by Crippen LogP contribution is 2.33. The average molecular weight is 298 g/mol. The highest BCUT2D eigenvalue weighted by Gasteiger charge is 2.30. The highest BCUT2D eigenvalue weighted by molar-refractivity contribution is 6.33. The van der Waals surface area contributed by atoms with Crippen LogP contribution in [0.3, 0.4) is 0 Å². The van der Waals surface area contributed by atoms with Gasteiger partial charge in [0.2, 0.25) is 5.82 Å². The first-order valence-electron chi connectivity index (χ1n) is 6.32. The van der Waals surface area contributed by atoms with Gasteiger partial charge in [-0.25, -0.2) is 4.39 Å². The van der Waals surface area contributed by atoms with E-state index in [1.807, 2.05) is 0 Å². The molecule has 0 aliphatic carbocycles. The van der Waals surface area contributed by atoms with Crippen LogP contribution in [0.5, 0.6) is 0 Å². The van der Waals surface area contributed by atoms with Crippen molar-refractivity contribution < 1.29 is 13.7 Å². The van der Waals surface area contributed by atoms with Crippen molar-refractivity contribution in [2.45, 2.75) is 25.0 Å². The molecule has 1 fully saturated rings. The van der Waals surface area contributed by atoms with Crippen LogP contribution < -0.4 is 5.73 Å². The molecule has 0 spiro atoms. The minimum Gasteiger partial charge on any atom is -0.364 e. The lowest BCUT2D eigenvalue weighted by Crippen LogP contribution is -2.18. The van der Waals surface area contributed by atoms with E-state index in [1.165, 1.54) is 18.2 Å². The summed E-state index contributed by atoms with van der Waals surface area (Å²) >= 11 is 5.97. The van der Waals surface area contributed by atoms with Crippen LogP contribution in [0.15, 0.2) is 22.7 Å². The van der Waals surface area contributed by atoms with Crippen molar-refractivity contribution in [1.82, 2.24) is 10.1 Å². The van der Waals surface area contributed by atoms with E-state index in [1.54, 1.807) is 0 Å². The van der Waals surface area contributed by atoms with Crippen molar-refractivity contribution >= 4 is 11.6 Å². The smallest absolute Gasteiger partial charge is 0.256 e. The van der Waals surface area contributed by atoms with Crippen LogP contribution in [0.2, 0.25) is 5.02 Å². The third-order valence-electron chi connectivity index (χ3n) is 3.26. The first-order chi connectivity index (χ1) is 9.67. The molecule has 1 aromatic heterocycles. The summed E-state index contributed by atoms with van der Waals surface area (Å²) < 4.78 is 23.9. The third kappa shape index (κ3) is 2.54. The monoisotopic (exact) mass is 297 g/mol. The molecule has 2 unspecified atom stereocenters. The molecule has 0 saturated carbocycles. The van der Waals surface area contributed by atoms with E-state index in [-0.39, 0.29) is 17.2 Å². The summed E-state index contributed by atoms with van der Waals surface area (Å²) in [6, 6.07) is 4.03. The minimum absolute atomic E-state index is 0.0322. The Bertz CT molecular complexity index is 619. The number of hydrogen-bond donors (Lipinski definition) is 1. The number of rotatable bonds is 3. The number of halogens is 2. The molecule has 2 N–H and O–H groups in total. The van der Waals surface area contributed by atoms with E-state index < -0.39 is 5.82 Å². The first-order valence-corrected chi connectivity index (χ1v) is 6.69. The maximum absolute atomic E-state index is 13.0. The van der Waals surface area contributed by atoms with Gasteiger partial charge in [-0.3, -0.25) is 0 Å². The molecule has 0 bridgehead atoms. The van der Waals surface area contributed by atoms with E-state index in [0.717, 1.165) is 12.8 Å². The predicted molar refractivity (Wildman–Crippen MR) is 70.6 cm³/mol. The molecular formula is C13H13ClFN3O2. The quantitative estimate of drug-likeness (QED) is 0.943. The van der Waals surface area contributed by atoms with E-state index >= 15 is 0 Å². The number of benzene rings is 1. The number of nitrogens with zero attached hydrogens (tertiary/aromatic N) is 2. The summed E-state index contributed by atoms with van der Waals surface area (Å²) in [6.45, 7) is 0.473. The van der Waals surface area contributed by atoms with Gasteiger partial charge in [-0.1, -0.05) is 16.8 Å². The molecular weight excluding hydrogens is 285 g/mol. The Labute approximate surface area is 119 Å². The normalized spacial score (nSPS) is 22.4. The van der Waals surface area contributed by atoms with Crippen LogP contribution in [0.4, 0.5) is 4.39 Å². The Morgan fingerprint density at radius 1 is 1.40 bits per heavy atom. The second-order valence-corrected chi connectivity index (χ2v) is 5.05. The molecule has 1 saturated heterocycles. The Kier molecular flexibility index (Phi) is 3.69. The molecule has 0 amide bonds. The van der Waals surface area contributed by atoms with Crippen molar-refractivity contribution in [3.63, 3.8) is 0 Å². The lowest BCUT2D eigenvalue weighted by molar-refractivity contribution is 0.0307. The number of ether oxygens (including phenoxy) is 1. The van der Waals surface area contributed by atoms with Crippen LogP contribution >= 0.6 is 11.6 Å². The van der Waals surface area contributed by atoms with Gasteiger partial charge in [-0.2, -0.15) is 4.98 Å². The maximum atomic E-state index is 13.0. The summed E-state index contributed by atoms with van der Waals surface area (Å²) in [6.07, 6.45) is 1.46. The van der Waals surface area contributed by atoms with Crippen molar-refractivity contribution in [1.29, 1.82) is 0 Å². The fourth-order valence-corrected chi connectivity index (χ4v) is 2.46. The van der Waals surface area contributed by atoms with E-state index in [0.29, 0.717) is 23.8 Å². The molecule has 106 valence electrons. The van der Waals surface area contributed by atoms with Crippen molar-refractivity contribution in [2.75, 3.05) is 6.54 Å². The summed E-state index contributed by atoms with van der Waals surface area (Å²) in [5, 5.41) is 4.11.